The van der Waals surface area contributed by atoms with E-state index in [4.69, 9.17) is 5.11 Å². The van der Waals surface area contributed by atoms with Crippen molar-refractivity contribution in [2.24, 2.45) is 0 Å². The van der Waals surface area contributed by atoms with Crippen LogP contribution >= 0.6 is 0 Å². The first-order chi connectivity index (χ1) is 7.95. The van der Waals surface area contributed by atoms with Gasteiger partial charge in [0.05, 0.1) is 11.7 Å². The Morgan fingerprint density at radius 2 is 2.00 bits per heavy atom. The molecule has 1 fully saturated rings. The monoisotopic (exact) mass is 263 g/mol. The van der Waals surface area contributed by atoms with Crippen molar-refractivity contribution in [1.29, 1.82) is 0 Å². The molecular weight excluding hydrogens is 242 g/mol. The summed E-state index contributed by atoms with van der Waals surface area (Å²) >= 11 is 0. The highest BCUT2D eigenvalue weighted by atomic mass is 32.2. The second-order valence-corrected chi connectivity index (χ2v) is 6.65. The molecule has 17 heavy (non-hydrogen) atoms. The normalized spacial score (nSPS) is 19.4. The van der Waals surface area contributed by atoms with Gasteiger partial charge in [0, 0.05) is 6.04 Å². The summed E-state index contributed by atoms with van der Waals surface area (Å²) in [4.78, 5) is 10.7. The van der Waals surface area contributed by atoms with Crippen molar-refractivity contribution in [2.75, 3.05) is 0 Å². The molecule has 1 saturated carbocycles. The third-order valence-electron chi connectivity index (χ3n) is 3.13. The van der Waals surface area contributed by atoms with E-state index in [1.807, 2.05) is 6.92 Å². The van der Waals surface area contributed by atoms with Gasteiger partial charge < -0.3 is 5.11 Å². The Hall–Kier alpha value is -0.620. The van der Waals surface area contributed by atoms with Crippen molar-refractivity contribution >= 4 is 16.0 Å². The summed E-state index contributed by atoms with van der Waals surface area (Å²) in [5.74, 6) is -0.961. The Morgan fingerprint density at radius 1 is 1.41 bits per heavy atom. The predicted molar refractivity (Wildman–Crippen MR) is 65.3 cm³/mol. The number of carboxylic acids is 1. The predicted octanol–water partition coefficient (Wildman–Crippen LogP) is 1.49. The average molecular weight is 263 g/mol. The second kappa shape index (κ2) is 6.35. The summed E-state index contributed by atoms with van der Waals surface area (Å²) in [6.45, 7) is 1.92. The second-order valence-electron chi connectivity index (χ2n) is 4.65. The molecular formula is C11H21NO4S. The highest BCUT2D eigenvalue weighted by Crippen LogP contribution is 2.24. The van der Waals surface area contributed by atoms with Crippen LogP contribution in [0.1, 0.15) is 51.9 Å². The Bertz CT molecular complexity index is 346. The standard InChI is InChI=1S/C11H21NO4S/c1-2-5-9(8-11(13)14)12-17(15,16)10-6-3-4-7-10/h9-10,12H,2-8H2,1H3,(H,13,14). The zero-order valence-electron chi connectivity index (χ0n) is 10.2. The largest absolute Gasteiger partial charge is 0.481 e. The number of rotatable bonds is 7. The molecule has 0 heterocycles. The van der Waals surface area contributed by atoms with E-state index >= 15 is 0 Å². The number of carboxylic acid groups (broad SMARTS) is 1. The summed E-state index contributed by atoms with van der Waals surface area (Å²) in [6, 6.07) is -0.469. The number of hydrogen-bond donors (Lipinski definition) is 2. The summed E-state index contributed by atoms with van der Waals surface area (Å²) in [6.07, 6.45) is 4.48. The van der Waals surface area contributed by atoms with Gasteiger partial charge in [0.1, 0.15) is 0 Å². The molecule has 0 spiro atoms. The molecule has 1 aliphatic carbocycles. The quantitative estimate of drug-likeness (QED) is 0.729. The number of hydrogen-bond acceptors (Lipinski definition) is 3. The summed E-state index contributed by atoms with van der Waals surface area (Å²) < 4.78 is 26.5. The first kappa shape index (κ1) is 14.4. The number of nitrogens with one attached hydrogen (secondary N) is 1. The Balaban J connectivity index is 2.60. The molecule has 0 saturated heterocycles. The Morgan fingerprint density at radius 3 is 2.47 bits per heavy atom. The zero-order chi connectivity index (χ0) is 12.9. The lowest BCUT2D eigenvalue weighted by molar-refractivity contribution is -0.137. The summed E-state index contributed by atoms with van der Waals surface area (Å²) in [7, 11) is -3.34. The molecule has 1 aliphatic rings. The van der Waals surface area contributed by atoms with Crippen LogP contribution in [0.4, 0.5) is 0 Å². The SMILES string of the molecule is CCCC(CC(=O)O)NS(=O)(=O)C1CCCC1. The molecule has 0 aromatic carbocycles. The maximum Gasteiger partial charge on any atom is 0.304 e. The molecule has 0 bridgehead atoms. The molecule has 100 valence electrons. The highest BCUT2D eigenvalue weighted by Gasteiger charge is 2.30. The van der Waals surface area contributed by atoms with Gasteiger partial charge in [-0.25, -0.2) is 13.1 Å². The van der Waals surface area contributed by atoms with Gasteiger partial charge in [-0.1, -0.05) is 26.2 Å². The molecule has 5 nitrogen and oxygen atoms in total. The molecule has 0 aromatic heterocycles. The van der Waals surface area contributed by atoms with Gasteiger partial charge in [0.25, 0.3) is 0 Å². The fraction of sp³-hybridized carbons (Fsp3) is 0.909. The van der Waals surface area contributed by atoms with E-state index < -0.39 is 22.0 Å². The number of carbonyl (C=O) groups is 1. The van der Waals surface area contributed by atoms with Gasteiger partial charge in [-0.05, 0) is 19.3 Å². The van der Waals surface area contributed by atoms with Crippen LogP contribution in [0, 0.1) is 0 Å². The molecule has 1 unspecified atom stereocenters. The first-order valence-electron chi connectivity index (χ1n) is 6.18. The van der Waals surface area contributed by atoms with E-state index in [-0.39, 0.29) is 11.7 Å². The van der Waals surface area contributed by atoms with Gasteiger partial charge in [-0.3, -0.25) is 4.79 Å². The first-order valence-corrected chi connectivity index (χ1v) is 7.73. The van der Waals surface area contributed by atoms with Crippen LogP contribution < -0.4 is 4.72 Å². The van der Waals surface area contributed by atoms with E-state index in [0.29, 0.717) is 19.3 Å². The lowest BCUT2D eigenvalue weighted by atomic mass is 10.1. The van der Waals surface area contributed by atoms with Crippen molar-refractivity contribution in [3.05, 3.63) is 0 Å². The van der Waals surface area contributed by atoms with Crippen LogP contribution in [0.2, 0.25) is 0 Å². The molecule has 0 aliphatic heterocycles. The van der Waals surface area contributed by atoms with Crippen LogP contribution in [0.5, 0.6) is 0 Å². The van der Waals surface area contributed by atoms with E-state index in [9.17, 15) is 13.2 Å². The van der Waals surface area contributed by atoms with Crippen molar-refractivity contribution < 1.29 is 18.3 Å². The van der Waals surface area contributed by atoms with Crippen LogP contribution in [0.3, 0.4) is 0 Å². The van der Waals surface area contributed by atoms with Crippen LogP contribution in [-0.4, -0.2) is 30.8 Å². The van der Waals surface area contributed by atoms with Crippen molar-refractivity contribution in [1.82, 2.24) is 4.72 Å². The molecule has 0 amide bonds. The zero-order valence-corrected chi connectivity index (χ0v) is 11.0. The fourth-order valence-electron chi connectivity index (χ4n) is 2.29. The highest BCUT2D eigenvalue weighted by molar-refractivity contribution is 7.90. The maximum atomic E-state index is 12.0. The van der Waals surface area contributed by atoms with E-state index in [2.05, 4.69) is 4.72 Å². The Kier molecular flexibility index (Phi) is 5.39. The molecule has 2 N–H and O–H groups in total. The third-order valence-corrected chi connectivity index (χ3v) is 5.14. The summed E-state index contributed by atoms with van der Waals surface area (Å²) in [5, 5.41) is 8.41. The minimum atomic E-state index is -3.34. The number of aliphatic carboxylic acids is 1. The van der Waals surface area contributed by atoms with Crippen LogP contribution in [0.25, 0.3) is 0 Å². The van der Waals surface area contributed by atoms with E-state index in [1.54, 1.807) is 0 Å². The lowest BCUT2D eigenvalue weighted by Crippen LogP contribution is -2.41. The smallest absolute Gasteiger partial charge is 0.304 e. The van der Waals surface area contributed by atoms with E-state index in [0.717, 1.165) is 19.3 Å². The lowest BCUT2D eigenvalue weighted by Gasteiger charge is -2.19. The molecule has 1 atom stereocenters. The van der Waals surface area contributed by atoms with E-state index in [1.165, 1.54) is 0 Å². The minimum absolute atomic E-state index is 0.139. The van der Waals surface area contributed by atoms with Gasteiger partial charge in [-0.2, -0.15) is 0 Å². The maximum absolute atomic E-state index is 12.0. The number of sulfonamides is 1. The van der Waals surface area contributed by atoms with Gasteiger partial charge in [0.2, 0.25) is 10.0 Å². The molecule has 1 rings (SSSR count). The van der Waals surface area contributed by atoms with Gasteiger partial charge >= 0.3 is 5.97 Å². The fourth-order valence-corrected chi connectivity index (χ4v) is 4.10. The minimum Gasteiger partial charge on any atom is -0.481 e. The van der Waals surface area contributed by atoms with Crippen molar-refractivity contribution in [3.8, 4) is 0 Å². The van der Waals surface area contributed by atoms with Crippen LogP contribution in [0.15, 0.2) is 0 Å². The van der Waals surface area contributed by atoms with Gasteiger partial charge in [-0.15, -0.1) is 0 Å². The third kappa shape index (κ3) is 4.63. The molecule has 6 heteroatoms. The molecule has 0 radical (unpaired) electrons. The van der Waals surface area contributed by atoms with Gasteiger partial charge in [0.15, 0.2) is 0 Å². The molecule has 0 aromatic rings. The topological polar surface area (TPSA) is 83.5 Å². The van der Waals surface area contributed by atoms with Crippen molar-refractivity contribution in [3.63, 3.8) is 0 Å². The summed E-state index contributed by atoms with van der Waals surface area (Å²) in [5.41, 5.74) is 0. The van der Waals surface area contributed by atoms with Crippen molar-refractivity contribution in [2.45, 2.75) is 63.2 Å². The Labute approximate surface area is 103 Å². The average Bonchev–Trinajstić information content (AvgIpc) is 2.69. The van der Waals surface area contributed by atoms with Crippen LogP contribution in [-0.2, 0) is 14.8 Å².